The van der Waals surface area contributed by atoms with Gasteiger partial charge in [0.15, 0.2) is 0 Å². The molecule has 444 valence electrons. The van der Waals surface area contributed by atoms with Crippen LogP contribution in [0, 0.1) is 35.5 Å². The highest BCUT2D eigenvalue weighted by Gasteiger charge is 1.92. The Morgan fingerprint density at radius 1 is 0.190 bits per heavy atom. The van der Waals surface area contributed by atoms with E-state index in [2.05, 4.69) is 206 Å². The summed E-state index contributed by atoms with van der Waals surface area (Å²) in [5.74, 6) is 5.00. The van der Waals surface area contributed by atoms with Gasteiger partial charge in [-0.25, -0.2) is 19.9 Å². The number of fused-ring (bicyclic) bond motifs is 6. The molecular weight excluding hydrogens is 1030 g/mol. The minimum Gasteiger partial charge on any atom is -0.256 e. The molecule has 0 atom stereocenters. The lowest BCUT2D eigenvalue weighted by atomic mass is 10.2. The first-order valence-electron chi connectivity index (χ1n) is 29.5. The summed E-state index contributed by atoms with van der Waals surface area (Å²) in [5.41, 5.74) is 7.07. The monoisotopic (exact) mass is 1130 g/mol. The van der Waals surface area contributed by atoms with Crippen molar-refractivity contribution in [2.75, 3.05) is 0 Å². The third kappa shape index (κ3) is 39.1. The SMILES string of the molecule is CC(C)C.CC(C)C.CC(C)C.CC(C)C.CC(C)C.CC(C)C.c1ccc2ncccc2c1.c1ccc2ncccc2c1.c1ccc2ncccc2c1.c1ccc2nccnc2c1.c1ccc2ncncc2c1.c1ccc2ncncc2c1. The van der Waals surface area contributed by atoms with E-state index in [0.717, 1.165) is 84.9 Å². The van der Waals surface area contributed by atoms with Crippen LogP contribution in [0.4, 0.5) is 0 Å². The summed E-state index contributed by atoms with van der Waals surface area (Å²) < 4.78 is 0. The second kappa shape index (κ2) is 46.1. The smallest absolute Gasteiger partial charge is 0.116 e. The van der Waals surface area contributed by atoms with E-state index in [9.17, 15) is 0 Å². The van der Waals surface area contributed by atoms with Crippen LogP contribution in [-0.4, -0.2) is 44.9 Å². The summed E-state index contributed by atoms with van der Waals surface area (Å²) in [4.78, 5) is 36.7. The van der Waals surface area contributed by atoms with Crippen LogP contribution in [0.15, 0.2) is 238 Å². The fraction of sp³-hybridized carbons (Fsp3) is 0.320. The number of pyridine rings is 3. The molecule has 6 heterocycles. The molecule has 6 aromatic heterocycles. The van der Waals surface area contributed by atoms with Gasteiger partial charge in [0.1, 0.15) is 12.7 Å². The van der Waals surface area contributed by atoms with Crippen molar-refractivity contribution >= 4 is 65.5 Å². The first kappa shape index (κ1) is 73.6. The molecule has 0 saturated heterocycles. The maximum absolute atomic E-state index is 4.18. The lowest BCUT2D eigenvalue weighted by Crippen LogP contribution is -1.78. The van der Waals surface area contributed by atoms with Gasteiger partial charge in [0.05, 0.1) is 38.6 Å². The number of rotatable bonds is 0. The summed E-state index contributed by atoms with van der Waals surface area (Å²) in [7, 11) is 0. The lowest BCUT2D eigenvalue weighted by Gasteiger charge is -1.91. The molecule has 0 N–H and O–H groups in total. The Labute approximate surface area is 506 Å². The number of para-hydroxylation sites is 7. The van der Waals surface area contributed by atoms with E-state index in [-0.39, 0.29) is 0 Å². The van der Waals surface area contributed by atoms with Gasteiger partial charge in [-0.15, -0.1) is 0 Å². The number of hydrogen-bond acceptors (Lipinski definition) is 9. The maximum Gasteiger partial charge on any atom is 0.116 e. The molecule has 0 saturated carbocycles. The van der Waals surface area contributed by atoms with E-state index in [1.807, 2.05) is 177 Å². The molecule has 9 heteroatoms. The van der Waals surface area contributed by atoms with Crippen molar-refractivity contribution in [1.82, 2.24) is 44.9 Å². The van der Waals surface area contributed by atoms with Crippen molar-refractivity contribution in [3.8, 4) is 0 Å². The standard InChI is InChI=1S/3C9H7N.3C8H6N2.6C4H10/c3*1-2-6-9-8(4-1)5-3-7-10-9;2*1-2-4-8-7(3-1)5-9-6-10-8;1-2-4-8-7(3-1)9-5-6-10-8;6*1-4(2)3/h3*1-7H;3*1-6H;6*4H,1-3H3. The van der Waals surface area contributed by atoms with Gasteiger partial charge in [0.2, 0.25) is 0 Å². The van der Waals surface area contributed by atoms with Crippen LogP contribution in [0.3, 0.4) is 0 Å². The predicted octanol–water partition coefficient (Wildman–Crippen LogP) is 21.6. The molecule has 0 fully saturated rings. The van der Waals surface area contributed by atoms with Crippen molar-refractivity contribution < 1.29 is 0 Å². The Morgan fingerprint density at radius 2 is 0.369 bits per heavy atom. The third-order valence-corrected chi connectivity index (χ3v) is 8.74. The topological polar surface area (TPSA) is 116 Å². The van der Waals surface area contributed by atoms with Crippen LogP contribution in [0.1, 0.15) is 125 Å². The Balaban J connectivity index is 0.000000469. The molecule has 12 aromatic rings. The summed E-state index contributed by atoms with van der Waals surface area (Å²) in [6, 6.07) is 59.9. The normalized spacial score (nSPS) is 9.71. The second-order valence-corrected chi connectivity index (χ2v) is 23.2. The first-order valence-corrected chi connectivity index (χ1v) is 29.5. The predicted molar refractivity (Wildman–Crippen MR) is 367 cm³/mol. The lowest BCUT2D eigenvalue weighted by molar-refractivity contribution is 0.736. The first-order chi connectivity index (χ1) is 40.2. The quantitative estimate of drug-likeness (QED) is 0.146. The van der Waals surface area contributed by atoms with Crippen molar-refractivity contribution in [3.05, 3.63) is 238 Å². The van der Waals surface area contributed by atoms with Crippen LogP contribution in [0.2, 0.25) is 0 Å². The molecule has 0 aliphatic heterocycles. The fourth-order valence-corrected chi connectivity index (χ4v) is 5.80. The molecule has 84 heavy (non-hydrogen) atoms. The van der Waals surface area contributed by atoms with Gasteiger partial charge in [0, 0.05) is 70.3 Å². The molecule has 0 unspecified atom stereocenters. The van der Waals surface area contributed by atoms with Crippen LogP contribution in [0.5, 0.6) is 0 Å². The summed E-state index contributed by atoms with van der Waals surface area (Å²) in [6.45, 7) is 39.0. The molecule has 9 nitrogen and oxygen atoms in total. The fourth-order valence-electron chi connectivity index (χ4n) is 5.80. The van der Waals surface area contributed by atoms with E-state index in [1.165, 1.54) is 16.2 Å². The Kier molecular flexibility index (Phi) is 40.4. The highest BCUT2D eigenvalue weighted by atomic mass is 14.8. The van der Waals surface area contributed by atoms with Crippen molar-refractivity contribution in [1.29, 1.82) is 0 Å². The van der Waals surface area contributed by atoms with Crippen molar-refractivity contribution in [2.45, 2.75) is 125 Å². The minimum absolute atomic E-state index is 0.833. The highest BCUT2D eigenvalue weighted by molar-refractivity contribution is 5.80. The molecule has 6 aromatic carbocycles. The molecule has 0 aliphatic carbocycles. The van der Waals surface area contributed by atoms with Gasteiger partial charge in [-0.05, 0) is 96.2 Å². The average molecular weight is 1130 g/mol. The van der Waals surface area contributed by atoms with Crippen LogP contribution in [-0.2, 0) is 0 Å². The highest BCUT2D eigenvalue weighted by Crippen LogP contribution is 2.11. The van der Waals surface area contributed by atoms with Gasteiger partial charge in [0.25, 0.3) is 0 Å². The zero-order valence-corrected chi connectivity index (χ0v) is 54.0. The van der Waals surface area contributed by atoms with Gasteiger partial charge in [-0.1, -0.05) is 246 Å². The second-order valence-electron chi connectivity index (χ2n) is 23.2. The molecule has 12 rings (SSSR count). The van der Waals surface area contributed by atoms with Crippen molar-refractivity contribution in [2.24, 2.45) is 35.5 Å². The zero-order valence-electron chi connectivity index (χ0n) is 54.0. The van der Waals surface area contributed by atoms with E-state index in [1.54, 1.807) is 25.0 Å². The van der Waals surface area contributed by atoms with Gasteiger partial charge in [-0.3, -0.25) is 24.9 Å². The zero-order chi connectivity index (χ0) is 62.3. The number of nitrogens with zero attached hydrogens (tertiary/aromatic N) is 9. The van der Waals surface area contributed by atoms with Crippen LogP contribution in [0.25, 0.3) is 65.5 Å². The molecule has 0 radical (unpaired) electrons. The van der Waals surface area contributed by atoms with Crippen molar-refractivity contribution in [3.63, 3.8) is 0 Å². The Hall–Kier alpha value is -8.43. The van der Waals surface area contributed by atoms with E-state index >= 15 is 0 Å². The molecule has 0 spiro atoms. The van der Waals surface area contributed by atoms with Crippen LogP contribution < -0.4 is 0 Å². The van der Waals surface area contributed by atoms with E-state index < -0.39 is 0 Å². The third-order valence-electron chi connectivity index (χ3n) is 8.74. The van der Waals surface area contributed by atoms with Crippen LogP contribution >= 0.6 is 0 Å². The van der Waals surface area contributed by atoms with E-state index in [4.69, 9.17) is 0 Å². The van der Waals surface area contributed by atoms with Gasteiger partial charge >= 0.3 is 0 Å². The number of hydrogen-bond donors (Lipinski definition) is 0. The summed E-state index contributed by atoms with van der Waals surface area (Å²) >= 11 is 0. The summed E-state index contributed by atoms with van der Waals surface area (Å²) in [6.07, 6.45) is 15.5. The molecular formula is C75H99N9. The maximum atomic E-state index is 4.18. The van der Waals surface area contributed by atoms with Gasteiger partial charge < -0.3 is 0 Å². The Bertz CT molecular complexity index is 2480. The summed E-state index contributed by atoms with van der Waals surface area (Å²) in [5, 5.41) is 5.77. The largest absolute Gasteiger partial charge is 0.256 e. The average Bonchev–Trinajstić information content (AvgIpc) is 3.49. The number of aromatic nitrogens is 9. The molecule has 0 amide bonds. The molecule has 0 aliphatic rings. The number of benzene rings is 6. The van der Waals surface area contributed by atoms with Gasteiger partial charge in [-0.2, -0.15) is 0 Å². The molecule has 0 bridgehead atoms. The Morgan fingerprint density at radius 3 is 0.595 bits per heavy atom. The minimum atomic E-state index is 0.833. The van der Waals surface area contributed by atoms with E-state index in [0.29, 0.717) is 0 Å².